The molecule has 0 radical (unpaired) electrons. The van der Waals surface area contributed by atoms with Gasteiger partial charge in [0, 0.05) is 43.6 Å². The molecule has 2 aromatic heterocycles. The number of likely N-dealkylation sites (N-methyl/N-ethyl adjacent to an activating group) is 1. The van der Waals surface area contributed by atoms with Gasteiger partial charge in [0.25, 0.3) is 5.91 Å². The minimum atomic E-state index is -0.207. The van der Waals surface area contributed by atoms with Gasteiger partial charge >= 0.3 is 0 Å². The summed E-state index contributed by atoms with van der Waals surface area (Å²) >= 11 is 0. The second-order valence-electron chi connectivity index (χ2n) is 7.16. The first-order chi connectivity index (χ1) is 13.5. The van der Waals surface area contributed by atoms with Gasteiger partial charge in [0.1, 0.15) is 5.69 Å². The van der Waals surface area contributed by atoms with Crippen LogP contribution in [0.1, 0.15) is 41.4 Å². The molecule has 0 aliphatic heterocycles. The lowest BCUT2D eigenvalue weighted by atomic mass is 10.0. The minimum absolute atomic E-state index is 0.207. The fraction of sp³-hybridized carbons (Fsp3) is 0.261. The molecule has 1 aromatic carbocycles. The molecule has 0 fully saturated rings. The van der Waals surface area contributed by atoms with Crippen LogP contribution in [0.5, 0.6) is 0 Å². The molecule has 0 unspecified atom stereocenters. The number of nitrogens with zero attached hydrogens (tertiary/aromatic N) is 3. The normalized spacial score (nSPS) is 10.7. The molecule has 0 saturated carbocycles. The van der Waals surface area contributed by atoms with E-state index in [9.17, 15) is 4.79 Å². The van der Waals surface area contributed by atoms with Gasteiger partial charge in [0.15, 0.2) is 0 Å². The lowest BCUT2D eigenvalue weighted by molar-refractivity contribution is 0.102. The van der Waals surface area contributed by atoms with Crippen molar-refractivity contribution in [1.29, 1.82) is 0 Å². The van der Waals surface area contributed by atoms with Gasteiger partial charge in [-0.3, -0.25) is 14.8 Å². The highest BCUT2D eigenvalue weighted by Crippen LogP contribution is 2.18. The Morgan fingerprint density at radius 1 is 1.04 bits per heavy atom. The number of pyridine rings is 2. The minimum Gasteiger partial charge on any atom is -0.374 e. The van der Waals surface area contributed by atoms with Crippen LogP contribution in [0.4, 0.5) is 11.4 Å². The van der Waals surface area contributed by atoms with Crippen molar-refractivity contribution < 1.29 is 4.79 Å². The fourth-order valence-corrected chi connectivity index (χ4v) is 2.90. The summed E-state index contributed by atoms with van der Waals surface area (Å²) in [5, 5.41) is 2.92. The topological polar surface area (TPSA) is 58.1 Å². The molecule has 2 heterocycles. The van der Waals surface area contributed by atoms with Crippen LogP contribution in [-0.4, -0.2) is 29.5 Å². The number of aromatic nitrogens is 2. The first-order valence-corrected chi connectivity index (χ1v) is 9.50. The molecule has 1 amide bonds. The summed E-state index contributed by atoms with van der Waals surface area (Å²) in [5.74, 6) is 0.257. The molecule has 1 N–H and O–H groups in total. The predicted octanol–water partition coefficient (Wildman–Crippen LogP) is 4.53. The third kappa shape index (κ3) is 5.16. The van der Waals surface area contributed by atoms with E-state index >= 15 is 0 Å². The van der Waals surface area contributed by atoms with Crippen molar-refractivity contribution >= 4 is 17.3 Å². The largest absolute Gasteiger partial charge is 0.374 e. The number of nitrogens with one attached hydrogen (secondary N) is 1. The van der Waals surface area contributed by atoms with Crippen molar-refractivity contribution in [2.24, 2.45) is 0 Å². The Kier molecular flexibility index (Phi) is 6.37. The number of hydrogen-bond acceptors (Lipinski definition) is 4. The van der Waals surface area contributed by atoms with Gasteiger partial charge in [-0.25, -0.2) is 0 Å². The number of carbonyl (C=O) groups is 1. The summed E-state index contributed by atoms with van der Waals surface area (Å²) in [4.78, 5) is 23.0. The molecule has 5 nitrogen and oxygen atoms in total. The summed E-state index contributed by atoms with van der Waals surface area (Å²) in [7, 11) is 2.02. The van der Waals surface area contributed by atoms with E-state index in [1.54, 1.807) is 18.6 Å². The van der Waals surface area contributed by atoms with E-state index in [1.807, 2.05) is 55.6 Å². The van der Waals surface area contributed by atoms with Crippen molar-refractivity contribution in [1.82, 2.24) is 9.97 Å². The molecule has 0 spiro atoms. The van der Waals surface area contributed by atoms with Crippen LogP contribution in [0.3, 0.4) is 0 Å². The first-order valence-electron chi connectivity index (χ1n) is 9.50. The van der Waals surface area contributed by atoms with Crippen molar-refractivity contribution in [2.75, 3.05) is 23.8 Å². The van der Waals surface area contributed by atoms with E-state index in [4.69, 9.17) is 0 Å². The Bertz CT molecular complexity index is 907. The quantitative estimate of drug-likeness (QED) is 0.660. The van der Waals surface area contributed by atoms with Crippen LogP contribution >= 0.6 is 0 Å². The Morgan fingerprint density at radius 3 is 2.43 bits per heavy atom. The fourth-order valence-electron chi connectivity index (χ4n) is 2.90. The highest BCUT2D eigenvalue weighted by atomic mass is 16.1. The Labute approximate surface area is 166 Å². The highest BCUT2D eigenvalue weighted by molar-refractivity contribution is 6.03. The average molecular weight is 374 g/mol. The van der Waals surface area contributed by atoms with Crippen LogP contribution in [0.25, 0.3) is 0 Å². The molecule has 28 heavy (non-hydrogen) atoms. The first kappa shape index (κ1) is 19.5. The zero-order valence-electron chi connectivity index (χ0n) is 16.6. The van der Waals surface area contributed by atoms with Gasteiger partial charge < -0.3 is 10.2 Å². The summed E-state index contributed by atoms with van der Waals surface area (Å²) in [6.45, 7) is 5.13. The van der Waals surface area contributed by atoms with E-state index in [2.05, 4.69) is 34.0 Å². The van der Waals surface area contributed by atoms with Crippen molar-refractivity contribution in [3.8, 4) is 0 Å². The summed E-state index contributed by atoms with van der Waals surface area (Å²) < 4.78 is 0. The van der Waals surface area contributed by atoms with Crippen LogP contribution in [0.15, 0.2) is 67.1 Å². The van der Waals surface area contributed by atoms with Gasteiger partial charge in [-0.1, -0.05) is 26.0 Å². The molecule has 3 rings (SSSR count). The third-order valence-electron chi connectivity index (χ3n) is 4.74. The molecular formula is C23H26N4O. The smallest absolute Gasteiger partial charge is 0.274 e. The van der Waals surface area contributed by atoms with Gasteiger partial charge in [-0.05, 0) is 59.9 Å². The molecule has 0 bridgehead atoms. The number of benzene rings is 1. The number of anilines is 2. The zero-order valence-corrected chi connectivity index (χ0v) is 16.6. The van der Waals surface area contributed by atoms with Crippen LogP contribution in [0.2, 0.25) is 0 Å². The second kappa shape index (κ2) is 9.13. The monoisotopic (exact) mass is 374 g/mol. The van der Waals surface area contributed by atoms with Gasteiger partial charge in [0.05, 0.1) is 0 Å². The predicted molar refractivity (Wildman–Crippen MR) is 114 cm³/mol. The average Bonchev–Trinajstić information content (AvgIpc) is 2.73. The molecule has 0 aliphatic carbocycles. The van der Waals surface area contributed by atoms with E-state index < -0.39 is 0 Å². The van der Waals surface area contributed by atoms with Crippen molar-refractivity contribution in [2.45, 2.75) is 26.2 Å². The van der Waals surface area contributed by atoms with Crippen molar-refractivity contribution in [3.63, 3.8) is 0 Å². The van der Waals surface area contributed by atoms with Gasteiger partial charge in [-0.2, -0.15) is 0 Å². The number of rotatable bonds is 7. The van der Waals surface area contributed by atoms with E-state index in [1.165, 1.54) is 11.1 Å². The molecular weight excluding hydrogens is 348 g/mol. The lowest BCUT2D eigenvalue weighted by Gasteiger charge is -2.19. The Hall–Kier alpha value is -3.21. The molecule has 0 atom stereocenters. The highest BCUT2D eigenvalue weighted by Gasteiger charge is 2.11. The van der Waals surface area contributed by atoms with Crippen LogP contribution in [-0.2, 0) is 6.42 Å². The lowest BCUT2D eigenvalue weighted by Crippen LogP contribution is -2.21. The van der Waals surface area contributed by atoms with Crippen LogP contribution in [0, 0.1) is 0 Å². The maximum atomic E-state index is 12.6. The molecule has 3 aromatic rings. The van der Waals surface area contributed by atoms with E-state index in [-0.39, 0.29) is 5.91 Å². The number of amides is 1. The molecule has 5 heteroatoms. The maximum Gasteiger partial charge on any atom is 0.274 e. The SMILES string of the molecule is CC(C)c1ccc(NC(=O)c2cc(N(C)CCc3ccncc3)ccn2)cc1. The zero-order chi connectivity index (χ0) is 19.9. The Balaban J connectivity index is 1.63. The van der Waals surface area contributed by atoms with E-state index in [0.717, 1.165) is 24.3 Å². The number of carbonyl (C=O) groups excluding carboxylic acids is 1. The summed E-state index contributed by atoms with van der Waals surface area (Å²) in [6.07, 6.45) is 6.19. The van der Waals surface area contributed by atoms with Crippen molar-refractivity contribution in [3.05, 3.63) is 83.9 Å². The molecule has 0 saturated heterocycles. The Morgan fingerprint density at radius 2 is 1.75 bits per heavy atom. The van der Waals surface area contributed by atoms with Gasteiger partial charge in [0.2, 0.25) is 0 Å². The second-order valence-corrected chi connectivity index (χ2v) is 7.16. The van der Waals surface area contributed by atoms with E-state index in [0.29, 0.717) is 11.6 Å². The molecule has 0 aliphatic rings. The number of hydrogen-bond donors (Lipinski definition) is 1. The third-order valence-corrected chi connectivity index (χ3v) is 4.74. The van der Waals surface area contributed by atoms with Gasteiger partial charge in [-0.15, -0.1) is 0 Å². The molecule has 144 valence electrons. The maximum absolute atomic E-state index is 12.6. The summed E-state index contributed by atoms with van der Waals surface area (Å²) in [6, 6.07) is 15.7. The van der Waals surface area contributed by atoms with Crippen LogP contribution < -0.4 is 10.2 Å². The summed E-state index contributed by atoms with van der Waals surface area (Å²) in [5.41, 5.74) is 4.62. The standard InChI is InChI=1S/C23H26N4O/c1-17(2)19-4-6-20(7-5-19)26-23(28)22-16-21(10-14-25-22)27(3)15-11-18-8-12-24-13-9-18/h4-10,12-14,16-17H,11,15H2,1-3H3,(H,26,28).